The second-order valence-corrected chi connectivity index (χ2v) is 5.06. The van der Waals surface area contributed by atoms with E-state index in [-0.39, 0.29) is 0 Å². The third-order valence-electron chi connectivity index (χ3n) is 2.20. The van der Waals surface area contributed by atoms with Crippen molar-refractivity contribution in [3.8, 4) is 5.75 Å². The lowest BCUT2D eigenvalue weighted by Crippen LogP contribution is -1.79. The van der Waals surface area contributed by atoms with Crippen molar-refractivity contribution in [2.45, 2.75) is 16.7 Å². The molecule has 0 unspecified atom stereocenters. The SMILES string of the molecule is Cc1cc(O)ccc1Sc1ccc(Cl)cc1. The van der Waals surface area contributed by atoms with Crippen molar-refractivity contribution in [2.24, 2.45) is 0 Å². The van der Waals surface area contributed by atoms with Crippen molar-refractivity contribution in [2.75, 3.05) is 0 Å². The van der Waals surface area contributed by atoms with Gasteiger partial charge >= 0.3 is 0 Å². The van der Waals surface area contributed by atoms with Gasteiger partial charge in [0, 0.05) is 14.8 Å². The fraction of sp³-hybridized carbons (Fsp3) is 0.0769. The van der Waals surface area contributed by atoms with Crippen molar-refractivity contribution >= 4 is 23.4 Å². The Morgan fingerprint density at radius 3 is 2.38 bits per heavy atom. The molecule has 0 aromatic heterocycles. The van der Waals surface area contributed by atoms with Crippen molar-refractivity contribution in [3.05, 3.63) is 53.1 Å². The van der Waals surface area contributed by atoms with Gasteiger partial charge in [-0.3, -0.25) is 0 Å². The first kappa shape index (κ1) is 11.4. The number of hydrogen-bond acceptors (Lipinski definition) is 2. The molecule has 0 aliphatic carbocycles. The first-order chi connectivity index (χ1) is 7.65. The average molecular weight is 251 g/mol. The maximum atomic E-state index is 9.31. The van der Waals surface area contributed by atoms with Gasteiger partial charge in [0.2, 0.25) is 0 Å². The van der Waals surface area contributed by atoms with Crippen LogP contribution in [-0.4, -0.2) is 5.11 Å². The van der Waals surface area contributed by atoms with Gasteiger partial charge in [-0.1, -0.05) is 23.4 Å². The summed E-state index contributed by atoms with van der Waals surface area (Å²) in [5, 5.41) is 10.1. The molecule has 0 aliphatic rings. The zero-order valence-corrected chi connectivity index (χ0v) is 10.3. The molecule has 1 nitrogen and oxygen atoms in total. The minimum absolute atomic E-state index is 0.304. The molecule has 2 rings (SSSR count). The van der Waals surface area contributed by atoms with Crippen LogP contribution in [0.15, 0.2) is 52.3 Å². The second kappa shape index (κ2) is 4.81. The van der Waals surface area contributed by atoms with Crippen LogP contribution in [0.4, 0.5) is 0 Å². The molecule has 1 N–H and O–H groups in total. The molecular formula is C13H11ClOS. The summed E-state index contributed by atoms with van der Waals surface area (Å²) < 4.78 is 0. The molecular weight excluding hydrogens is 240 g/mol. The predicted molar refractivity (Wildman–Crippen MR) is 68.4 cm³/mol. The van der Waals surface area contributed by atoms with E-state index < -0.39 is 0 Å². The first-order valence-corrected chi connectivity index (χ1v) is 6.07. The van der Waals surface area contributed by atoms with Crippen LogP contribution < -0.4 is 0 Å². The van der Waals surface area contributed by atoms with E-state index in [1.54, 1.807) is 23.9 Å². The normalized spacial score (nSPS) is 10.4. The van der Waals surface area contributed by atoms with Gasteiger partial charge in [0.15, 0.2) is 0 Å². The molecule has 16 heavy (non-hydrogen) atoms. The third-order valence-corrected chi connectivity index (χ3v) is 3.64. The molecule has 0 spiro atoms. The summed E-state index contributed by atoms with van der Waals surface area (Å²) in [6.45, 7) is 1.98. The van der Waals surface area contributed by atoms with Crippen molar-refractivity contribution in [3.63, 3.8) is 0 Å². The largest absolute Gasteiger partial charge is 0.508 e. The molecule has 0 atom stereocenters. The molecule has 3 heteroatoms. The highest BCUT2D eigenvalue weighted by Crippen LogP contribution is 2.32. The van der Waals surface area contributed by atoms with Gasteiger partial charge in [-0.2, -0.15) is 0 Å². The standard InChI is InChI=1S/C13H11ClOS/c1-9-8-11(15)4-7-13(9)16-12-5-2-10(14)3-6-12/h2-8,15H,1H3. The van der Waals surface area contributed by atoms with Crippen molar-refractivity contribution < 1.29 is 5.11 Å². The van der Waals surface area contributed by atoms with E-state index >= 15 is 0 Å². The Balaban J connectivity index is 2.23. The van der Waals surface area contributed by atoms with E-state index in [0.29, 0.717) is 5.75 Å². The molecule has 0 saturated heterocycles. The summed E-state index contributed by atoms with van der Waals surface area (Å²) in [4.78, 5) is 2.28. The Kier molecular flexibility index (Phi) is 3.42. The van der Waals surface area contributed by atoms with Crippen LogP contribution in [0.1, 0.15) is 5.56 Å². The molecule has 0 bridgehead atoms. The number of rotatable bonds is 2. The number of phenolic OH excluding ortho intramolecular Hbond substituents is 1. The van der Waals surface area contributed by atoms with Gasteiger partial charge < -0.3 is 5.11 Å². The molecule has 0 saturated carbocycles. The number of hydrogen-bond donors (Lipinski definition) is 1. The minimum Gasteiger partial charge on any atom is -0.508 e. The molecule has 82 valence electrons. The third kappa shape index (κ3) is 2.71. The fourth-order valence-corrected chi connectivity index (χ4v) is 2.39. The van der Waals surface area contributed by atoms with Crippen LogP contribution in [-0.2, 0) is 0 Å². The molecule has 0 heterocycles. The summed E-state index contributed by atoms with van der Waals surface area (Å²) in [5.74, 6) is 0.304. The quantitative estimate of drug-likeness (QED) is 0.847. The topological polar surface area (TPSA) is 20.2 Å². The summed E-state index contributed by atoms with van der Waals surface area (Å²) in [6, 6.07) is 13.1. The number of halogens is 1. The van der Waals surface area contributed by atoms with E-state index in [4.69, 9.17) is 11.6 Å². The summed E-state index contributed by atoms with van der Waals surface area (Å²) in [5.41, 5.74) is 1.07. The maximum Gasteiger partial charge on any atom is 0.115 e. The van der Waals surface area contributed by atoms with Crippen molar-refractivity contribution in [1.29, 1.82) is 0 Å². The Bertz CT molecular complexity index is 494. The minimum atomic E-state index is 0.304. The average Bonchev–Trinajstić information content (AvgIpc) is 2.25. The Morgan fingerprint density at radius 2 is 1.75 bits per heavy atom. The van der Waals surface area contributed by atoms with Crippen LogP contribution in [0, 0.1) is 6.92 Å². The van der Waals surface area contributed by atoms with E-state index in [2.05, 4.69) is 0 Å². The first-order valence-electron chi connectivity index (χ1n) is 4.88. The Labute approximate surface area is 104 Å². The zero-order valence-electron chi connectivity index (χ0n) is 8.77. The van der Waals surface area contributed by atoms with E-state index in [1.165, 1.54) is 0 Å². The molecule has 2 aromatic rings. The van der Waals surface area contributed by atoms with Crippen LogP contribution in [0.5, 0.6) is 5.75 Å². The molecule has 2 aromatic carbocycles. The van der Waals surface area contributed by atoms with Gasteiger partial charge in [0.1, 0.15) is 5.75 Å². The summed E-state index contributed by atoms with van der Waals surface area (Å²) >= 11 is 7.49. The summed E-state index contributed by atoms with van der Waals surface area (Å²) in [6.07, 6.45) is 0. The number of phenols is 1. The molecule has 0 amide bonds. The number of aryl methyl sites for hydroxylation is 1. The predicted octanol–water partition coefficient (Wildman–Crippen LogP) is 4.51. The maximum absolute atomic E-state index is 9.31. The Hall–Kier alpha value is -1.12. The van der Waals surface area contributed by atoms with Gasteiger partial charge in [-0.05, 0) is 55.0 Å². The molecule has 0 fully saturated rings. The van der Waals surface area contributed by atoms with Gasteiger partial charge in [-0.15, -0.1) is 0 Å². The van der Waals surface area contributed by atoms with E-state index in [0.717, 1.165) is 20.4 Å². The zero-order chi connectivity index (χ0) is 11.5. The van der Waals surface area contributed by atoms with Crippen LogP contribution >= 0.6 is 23.4 Å². The fourth-order valence-electron chi connectivity index (χ4n) is 1.38. The van der Waals surface area contributed by atoms with Crippen LogP contribution in [0.25, 0.3) is 0 Å². The van der Waals surface area contributed by atoms with Crippen LogP contribution in [0.3, 0.4) is 0 Å². The van der Waals surface area contributed by atoms with Gasteiger partial charge in [0.05, 0.1) is 0 Å². The lowest BCUT2D eigenvalue weighted by molar-refractivity contribution is 0.474. The number of aromatic hydroxyl groups is 1. The second-order valence-electron chi connectivity index (χ2n) is 3.51. The van der Waals surface area contributed by atoms with E-state index in [9.17, 15) is 5.11 Å². The highest BCUT2D eigenvalue weighted by atomic mass is 35.5. The van der Waals surface area contributed by atoms with E-state index in [1.807, 2.05) is 37.3 Å². The number of benzene rings is 2. The van der Waals surface area contributed by atoms with Gasteiger partial charge in [-0.25, -0.2) is 0 Å². The summed E-state index contributed by atoms with van der Waals surface area (Å²) in [7, 11) is 0. The monoisotopic (exact) mass is 250 g/mol. The van der Waals surface area contributed by atoms with Crippen LogP contribution in [0.2, 0.25) is 5.02 Å². The highest BCUT2D eigenvalue weighted by Gasteiger charge is 2.02. The van der Waals surface area contributed by atoms with Crippen molar-refractivity contribution in [1.82, 2.24) is 0 Å². The smallest absolute Gasteiger partial charge is 0.115 e. The lowest BCUT2D eigenvalue weighted by Gasteiger charge is -2.05. The molecule has 0 aliphatic heterocycles. The highest BCUT2D eigenvalue weighted by molar-refractivity contribution is 7.99. The van der Waals surface area contributed by atoms with Gasteiger partial charge in [0.25, 0.3) is 0 Å². The Morgan fingerprint density at radius 1 is 1.06 bits per heavy atom. The molecule has 0 radical (unpaired) electrons. The lowest BCUT2D eigenvalue weighted by atomic mass is 10.2.